The molecule has 0 aliphatic carbocycles. The van der Waals surface area contributed by atoms with Crippen molar-refractivity contribution in [3.05, 3.63) is 40.3 Å². The van der Waals surface area contributed by atoms with Crippen LogP contribution in [0.1, 0.15) is 22.8 Å². The number of thiophene rings is 1. The molecule has 0 saturated heterocycles. The number of aromatic nitrogens is 2. The molecule has 0 saturated carbocycles. The molecular weight excluding hydrogens is 260 g/mol. The summed E-state index contributed by atoms with van der Waals surface area (Å²) in [4.78, 5) is 22.0. The minimum Gasteiger partial charge on any atom is -0.355 e. The van der Waals surface area contributed by atoms with Crippen LogP contribution in [-0.2, 0) is 6.54 Å². The second kappa shape index (κ2) is 6.29. The van der Waals surface area contributed by atoms with E-state index in [1.165, 1.54) is 0 Å². The minimum atomic E-state index is -0.0748. The summed E-state index contributed by atoms with van der Waals surface area (Å²) in [5.41, 5.74) is 1.63. The summed E-state index contributed by atoms with van der Waals surface area (Å²) >= 11 is 1.63. The number of hydrogen-bond acceptors (Lipinski definition) is 5. The zero-order valence-corrected chi connectivity index (χ0v) is 11.8. The second-order valence-corrected chi connectivity index (χ2v) is 4.90. The standard InChI is InChI=1S/C13H16N4OS/c1-3-14-13-15-6-11(7-16-13)12(18)17(2)8-10-4-5-19-9-10/h4-7,9H,3,8H2,1-2H3,(H,14,15,16). The second-order valence-electron chi connectivity index (χ2n) is 4.12. The molecule has 2 aromatic heterocycles. The van der Waals surface area contributed by atoms with Gasteiger partial charge in [-0.15, -0.1) is 0 Å². The van der Waals surface area contributed by atoms with E-state index in [4.69, 9.17) is 0 Å². The summed E-state index contributed by atoms with van der Waals surface area (Å²) in [6, 6.07) is 2.01. The van der Waals surface area contributed by atoms with Crippen LogP contribution in [0, 0.1) is 0 Å². The maximum atomic E-state index is 12.2. The Morgan fingerprint density at radius 1 is 1.42 bits per heavy atom. The molecule has 100 valence electrons. The first kappa shape index (κ1) is 13.5. The van der Waals surface area contributed by atoms with Crippen LogP contribution in [0.3, 0.4) is 0 Å². The van der Waals surface area contributed by atoms with Gasteiger partial charge in [-0.25, -0.2) is 9.97 Å². The van der Waals surface area contributed by atoms with Crippen molar-refractivity contribution >= 4 is 23.2 Å². The largest absolute Gasteiger partial charge is 0.355 e. The fourth-order valence-corrected chi connectivity index (χ4v) is 2.30. The quantitative estimate of drug-likeness (QED) is 0.910. The number of nitrogens with one attached hydrogen (secondary N) is 1. The van der Waals surface area contributed by atoms with Crippen LogP contribution in [-0.4, -0.2) is 34.4 Å². The smallest absolute Gasteiger partial charge is 0.257 e. The predicted octanol–water partition coefficient (Wildman–Crippen LogP) is 2.24. The third kappa shape index (κ3) is 3.51. The minimum absolute atomic E-state index is 0.0748. The highest BCUT2D eigenvalue weighted by molar-refractivity contribution is 7.07. The Bertz CT molecular complexity index is 524. The van der Waals surface area contributed by atoms with E-state index in [0.29, 0.717) is 18.1 Å². The summed E-state index contributed by atoms with van der Waals surface area (Å²) in [6.07, 6.45) is 3.11. The molecule has 0 spiro atoms. The van der Waals surface area contributed by atoms with E-state index < -0.39 is 0 Å². The molecule has 2 rings (SSSR count). The van der Waals surface area contributed by atoms with E-state index in [0.717, 1.165) is 12.1 Å². The van der Waals surface area contributed by atoms with Crippen LogP contribution in [0.2, 0.25) is 0 Å². The van der Waals surface area contributed by atoms with Gasteiger partial charge in [-0.2, -0.15) is 11.3 Å². The highest BCUT2D eigenvalue weighted by Gasteiger charge is 2.13. The molecule has 5 nitrogen and oxygen atoms in total. The normalized spacial score (nSPS) is 10.2. The summed E-state index contributed by atoms with van der Waals surface area (Å²) in [5.74, 6) is 0.466. The Kier molecular flexibility index (Phi) is 4.46. The first-order chi connectivity index (χ1) is 9.20. The monoisotopic (exact) mass is 276 g/mol. The summed E-state index contributed by atoms with van der Waals surface area (Å²) in [7, 11) is 1.78. The van der Waals surface area contributed by atoms with Crippen molar-refractivity contribution < 1.29 is 4.79 Å². The van der Waals surface area contributed by atoms with Gasteiger partial charge in [0.1, 0.15) is 0 Å². The average Bonchev–Trinajstić information content (AvgIpc) is 2.92. The van der Waals surface area contributed by atoms with Crippen molar-refractivity contribution in [2.24, 2.45) is 0 Å². The maximum Gasteiger partial charge on any atom is 0.257 e. The molecule has 1 amide bonds. The lowest BCUT2D eigenvalue weighted by molar-refractivity contribution is 0.0784. The van der Waals surface area contributed by atoms with Gasteiger partial charge in [-0.05, 0) is 29.3 Å². The molecule has 19 heavy (non-hydrogen) atoms. The Morgan fingerprint density at radius 3 is 2.74 bits per heavy atom. The Labute approximate surface area is 116 Å². The van der Waals surface area contributed by atoms with Crippen LogP contribution in [0.15, 0.2) is 29.2 Å². The Hall–Kier alpha value is -1.95. The molecular formula is C13H16N4OS. The summed E-state index contributed by atoms with van der Waals surface area (Å²) < 4.78 is 0. The Morgan fingerprint density at radius 2 is 2.16 bits per heavy atom. The van der Waals surface area contributed by atoms with E-state index in [2.05, 4.69) is 15.3 Å². The van der Waals surface area contributed by atoms with Crippen molar-refractivity contribution in [1.29, 1.82) is 0 Å². The molecule has 0 atom stereocenters. The van der Waals surface area contributed by atoms with Gasteiger partial charge >= 0.3 is 0 Å². The van der Waals surface area contributed by atoms with E-state index in [1.807, 2.05) is 23.8 Å². The highest BCUT2D eigenvalue weighted by atomic mass is 32.1. The van der Waals surface area contributed by atoms with Crippen molar-refractivity contribution in [1.82, 2.24) is 14.9 Å². The molecule has 0 aliphatic rings. The van der Waals surface area contributed by atoms with Gasteiger partial charge in [0, 0.05) is 32.5 Å². The molecule has 0 bridgehead atoms. The number of nitrogens with zero attached hydrogens (tertiary/aromatic N) is 3. The predicted molar refractivity (Wildman–Crippen MR) is 76.3 cm³/mol. The molecule has 6 heteroatoms. The van der Waals surface area contributed by atoms with E-state index in [9.17, 15) is 4.79 Å². The molecule has 0 fully saturated rings. The zero-order chi connectivity index (χ0) is 13.7. The molecule has 2 aromatic rings. The van der Waals surface area contributed by atoms with Gasteiger partial charge < -0.3 is 10.2 Å². The van der Waals surface area contributed by atoms with Crippen molar-refractivity contribution in [2.75, 3.05) is 18.9 Å². The van der Waals surface area contributed by atoms with Gasteiger partial charge in [0.25, 0.3) is 5.91 Å². The molecule has 0 aromatic carbocycles. The van der Waals surface area contributed by atoms with Gasteiger partial charge in [0.2, 0.25) is 5.95 Å². The van der Waals surface area contributed by atoms with Gasteiger partial charge in [0.05, 0.1) is 5.56 Å². The molecule has 2 heterocycles. The third-order valence-electron chi connectivity index (χ3n) is 2.58. The third-order valence-corrected chi connectivity index (χ3v) is 3.31. The number of anilines is 1. The van der Waals surface area contributed by atoms with Crippen LogP contribution >= 0.6 is 11.3 Å². The SMILES string of the molecule is CCNc1ncc(C(=O)N(C)Cc2ccsc2)cn1. The van der Waals surface area contributed by atoms with Crippen molar-refractivity contribution in [3.63, 3.8) is 0 Å². The highest BCUT2D eigenvalue weighted by Crippen LogP contribution is 2.11. The van der Waals surface area contributed by atoms with Crippen LogP contribution in [0.25, 0.3) is 0 Å². The summed E-state index contributed by atoms with van der Waals surface area (Å²) in [6.45, 7) is 3.32. The maximum absolute atomic E-state index is 12.2. The van der Waals surface area contributed by atoms with Gasteiger partial charge in [-0.1, -0.05) is 0 Å². The first-order valence-corrected chi connectivity index (χ1v) is 6.97. The number of carbonyl (C=O) groups is 1. The number of carbonyl (C=O) groups excluding carboxylic acids is 1. The van der Waals surface area contributed by atoms with Gasteiger partial charge in [-0.3, -0.25) is 4.79 Å². The summed E-state index contributed by atoms with van der Waals surface area (Å²) in [5, 5.41) is 7.03. The first-order valence-electron chi connectivity index (χ1n) is 6.03. The molecule has 0 aliphatic heterocycles. The van der Waals surface area contributed by atoms with E-state index >= 15 is 0 Å². The lowest BCUT2D eigenvalue weighted by Crippen LogP contribution is -2.26. The molecule has 0 radical (unpaired) electrons. The van der Waals surface area contributed by atoms with Crippen LogP contribution in [0.5, 0.6) is 0 Å². The number of amides is 1. The van der Waals surface area contributed by atoms with Crippen LogP contribution in [0.4, 0.5) is 5.95 Å². The van der Waals surface area contributed by atoms with Gasteiger partial charge in [0.15, 0.2) is 0 Å². The lowest BCUT2D eigenvalue weighted by Gasteiger charge is -2.16. The Balaban J connectivity index is 2.02. The van der Waals surface area contributed by atoms with E-state index in [-0.39, 0.29) is 5.91 Å². The molecule has 1 N–H and O–H groups in total. The fourth-order valence-electron chi connectivity index (χ4n) is 1.64. The van der Waals surface area contributed by atoms with Crippen molar-refractivity contribution in [3.8, 4) is 0 Å². The number of rotatable bonds is 5. The zero-order valence-electron chi connectivity index (χ0n) is 11.0. The van der Waals surface area contributed by atoms with E-state index in [1.54, 1.807) is 35.7 Å². The van der Waals surface area contributed by atoms with Crippen LogP contribution < -0.4 is 5.32 Å². The number of hydrogen-bond donors (Lipinski definition) is 1. The fraction of sp³-hybridized carbons (Fsp3) is 0.308. The van der Waals surface area contributed by atoms with Crippen molar-refractivity contribution in [2.45, 2.75) is 13.5 Å². The average molecular weight is 276 g/mol. The lowest BCUT2D eigenvalue weighted by atomic mass is 10.2. The molecule has 0 unspecified atom stereocenters. The topological polar surface area (TPSA) is 58.1 Å².